The molecule has 6 rings (SSSR count). The number of benzene rings is 3. The first-order valence-corrected chi connectivity index (χ1v) is 16.9. The lowest BCUT2D eigenvalue weighted by Gasteiger charge is -2.34. The van der Waals surface area contributed by atoms with Crippen LogP contribution in [0.1, 0.15) is 56.7 Å². The number of nitrogens with zero attached hydrogens (tertiary/aromatic N) is 2. The molecule has 1 saturated heterocycles. The number of aliphatic hydroxyl groups is 1. The number of nitrogens with one attached hydrogen (secondary N) is 1. The van der Waals surface area contributed by atoms with E-state index < -0.39 is 24.2 Å². The first kappa shape index (κ1) is 41.9. The Morgan fingerprint density at radius 3 is 2.20 bits per heavy atom. The molecular formula is C39H44Cl4N4O4. The molecular weight excluding hydrogens is 730 g/mol. The molecule has 272 valence electrons. The number of rotatable bonds is 10. The first-order valence-electron chi connectivity index (χ1n) is 16.5. The van der Waals surface area contributed by atoms with Crippen molar-refractivity contribution >= 4 is 66.3 Å². The number of aliphatic hydroxyl groups excluding tert-OH is 1. The number of fused-ring (bicyclic) bond motifs is 2. The molecule has 2 heterocycles. The van der Waals surface area contributed by atoms with Gasteiger partial charge >= 0.3 is 5.97 Å². The van der Waals surface area contributed by atoms with Gasteiger partial charge < -0.3 is 26.2 Å². The predicted molar refractivity (Wildman–Crippen MR) is 210 cm³/mol. The van der Waals surface area contributed by atoms with E-state index in [1.54, 1.807) is 24.3 Å². The van der Waals surface area contributed by atoms with Gasteiger partial charge in [-0.2, -0.15) is 0 Å². The second-order valence-corrected chi connectivity index (χ2v) is 13.2. The summed E-state index contributed by atoms with van der Waals surface area (Å²) in [5.41, 5.74) is 15.2. The highest BCUT2D eigenvalue weighted by atomic mass is 35.5. The second kappa shape index (κ2) is 19.4. The summed E-state index contributed by atoms with van der Waals surface area (Å²) in [6.45, 7) is 1.99. The van der Waals surface area contributed by atoms with Gasteiger partial charge in [0.25, 0.3) is 5.91 Å². The Bertz CT molecular complexity index is 1800. The van der Waals surface area contributed by atoms with Crippen molar-refractivity contribution in [2.24, 2.45) is 5.73 Å². The Morgan fingerprint density at radius 1 is 0.843 bits per heavy atom. The zero-order valence-electron chi connectivity index (χ0n) is 28.0. The lowest BCUT2D eigenvalue weighted by Crippen LogP contribution is -2.50. The van der Waals surface area contributed by atoms with Crippen LogP contribution in [0.2, 0.25) is 5.02 Å². The number of nitrogens with two attached hydrogens (primary N) is 1. The van der Waals surface area contributed by atoms with Crippen molar-refractivity contribution in [3.8, 4) is 0 Å². The van der Waals surface area contributed by atoms with Crippen LogP contribution in [-0.2, 0) is 30.5 Å². The molecule has 0 radical (unpaired) electrons. The van der Waals surface area contributed by atoms with Gasteiger partial charge in [-0.3, -0.25) is 14.6 Å². The van der Waals surface area contributed by atoms with Gasteiger partial charge in [0.05, 0.1) is 17.8 Å². The number of amides is 1. The van der Waals surface area contributed by atoms with Crippen LogP contribution in [0.5, 0.6) is 0 Å². The molecule has 3 unspecified atom stereocenters. The number of likely N-dealkylation sites (tertiary alicyclic amines) is 1. The van der Waals surface area contributed by atoms with Gasteiger partial charge in [-0.25, -0.2) is 0 Å². The molecule has 5 N–H and O–H groups in total. The van der Waals surface area contributed by atoms with E-state index in [1.165, 1.54) is 27.8 Å². The summed E-state index contributed by atoms with van der Waals surface area (Å²) < 4.78 is 0. The Morgan fingerprint density at radius 2 is 1.51 bits per heavy atom. The minimum Gasteiger partial charge on any atom is -0.480 e. The molecule has 1 aliphatic heterocycles. The largest absolute Gasteiger partial charge is 0.480 e. The van der Waals surface area contributed by atoms with Crippen LogP contribution >= 0.6 is 48.8 Å². The van der Waals surface area contributed by atoms with Crippen LogP contribution in [0.3, 0.4) is 0 Å². The van der Waals surface area contributed by atoms with Crippen LogP contribution in [0, 0.1) is 0 Å². The Labute approximate surface area is 322 Å². The highest BCUT2D eigenvalue weighted by Crippen LogP contribution is 2.38. The number of halogens is 4. The minimum atomic E-state index is -1.07. The van der Waals surface area contributed by atoms with Crippen molar-refractivity contribution in [3.05, 3.63) is 141 Å². The standard InChI is InChI=1S/C39H41ClN4O4.3ClH/c40-31-14-15-32-30(23-31)13-12-28-7-4-18-42-37(28)36(32)27-16-19-44(20-17-27)24-35(45)34(22-25-5-2-1-3-6-25)43-38(46)29-10-8-26(9-11-29)21-33(41)39(47)48;;;/h1-11,14-15,18,23,33-35,45H,12-13,16-17,19-22,24,41H2,(H,43,46)(H,47,48);3*1H. The van der Waals surface area contributed by atoms with Crippen molar-refractivity contribution in [2.75, 3.05) is 19.6 Å². The lowest BCUT2D eigenvalue weighted by atomic mass is 9.88. The van der Waals surface area contributed by atoms with Crippen LogP contribution in [0.15, 0.2) is 96.7 Å². The number of aryl methyl sites for hydroxylation is 2. The molecule has 1 aliphatic carbocycles. The highest BCUT2D eigenvalue weighted by molar-refractivity contribution is 6.30. The first-order chi connectivity index (χ1) is 23.2. The average Bonchev–Trinajstić information content (AvgIpc) is 3.25. The number of carbonyl (C=O) groups excluding carboxylic acids is 1. The van der Waals surface area contributed by atoms with Crippen molar-refractivity contribution in [1.82, 2.24) is 15.2 Å². The maximum atomic E-state index is 13.4. The number of carboxylic acids is 1. The van der Waals surface area contributed by atoms with Gasteiger partial charge in [0.1, 0.15) is 6.04 Å². The Kier molecular flexibility index (Phi) is 15.9. The molecule has 1 fully saturated rings. The molecule has 1 aromatic heterocycles. The summed E-state index contributed by atoms with van der Waals surface area (Å²) in [7, 11) is 0. The van der Waals surface area contributed by atoms with E-state index in [1.807, 2.05) is 48.7 Å². The molecule has 0 spiro atoms. The number of carbonyl (C=O) groups is 2. The number of β-amino-alcohol motifs (C(OH)–C–C–N with tert-alkyl or cyclic N) is 1. The minimum absolute atomic E-state index is 0. The third kappa shape index (κ3) is 10.5. The number of aromatic nitrogens is 1. The molecule has 3 aromatic carbocycles. The zero-order valence-corrected chi connectivity index (χ0v) is 31.2. The fraction of sp³-hybridized carbons (Fsp3) is 0.308. The molecule has 1 amide bonds. The SMILES string of the molecule is Cl.Cl.Cl.NC(Cc1ccc(C(=O)NC(Cc2ccccc2)C(O)CN2CCC(=C3c4ccc(Cl)cc4CCc4cccnc43)CC2)cc1)C(=O)O. The van der Waals surface area contributed by atoms with Gasteiger partial charge in [-0.1, -0.05) is 71.8 Å². The third-order valence-corrected chi connectivity index (χ3v) is 9.69. The summed E-state index contributed by atoms with van der Waals surface area (Å²) in [5.74, 6) is -1.37. The van der Waals surface area contributed by atoms with E-state index >= 15 is 0 Å². The number of piperidine rings is 1. The summed E-state index contributed by atoms with van der Waals surface area (Å²) in [6.07, 6.45) is 5.26. The number of aliphatic carboxylic acids is 1. The van der Waals surface area contributed by atoms with Gasteiger partial charge in [0.15, 0.2) is 0 Å². The molecule has 4 aromatic rings. The number of hydrogen-bond donors (Lipinski definition) is 4. The van der Waals surface area contributed by atoms with E-state index in [2.05, 4.69) is 28.4 Å². The molecule has 8 nitrogen and oxygen atoms in total. The second-order valence-electron chi connectivity index (χ2n) is 12.8. The lowest BCUT2D eigenvalue weighted by molar-refractivity contribution is -0.138. The van der Waals surface area contributed by atoms with Crippen molar-refractivity contribution < 1.29 is 19.8 Å². The van der Waals surface area contributed by atoms with Crippen LogP contribution < -0.4 is 11.1 Å². The number of hydrogen-bond acceptors (Lipinski definition) is 6. The van der Waals surface area contributed by atoms with Gasteiger partial charge in [-0.15, -0.1) is 37.2 Å². The molecule has 2 aliphatic rings. The molecule has 0 saturated carbocycles. The highest BCUT2D eigenvalue weighted by Gasteiger charge is 2.29. The maximum absolute atomic E-state index is 13.4. The summed E-state index contributed by atoms with van der Waals surface area (Å²) in [5, 5.41) is 24.5. The summed E-state index contributed by atoms with van der Waals surface area (Å²) in [4.78, 5) is 31.6. The van der Waals surface area contributed by atoms with Gasteiger partial charge in [-0.05, 0) is 96.7 Å². The third-order valence-electron chi connectivity index (χ3n) is 9.46. The number of carboxylic acid groups (broad SMARTS) is 1. The maximum Gasteiger partial charge on any atom is 0.320 e. The van der Waals surface area contributed by atoms with E-state index in [4.69, 9.17) is 27.4 Å². The summed E-state index contributed by atoms with van der Waals surface area (Å²) >= 11 is 6.41. The fourth-order valence-corrected chi connectivity index (χ4v) is 7.01. The van der Waals surface area contributed by atoms with E-state index in [-0.39, 0.29) is 49.5 Å². The summed E-state index contributed by atoms with van der Waals surface area (Å²) in [6, 6.07) is 25.4. The van der Waals surface area contributed by atoms with E-state index in [0.717, 1.165) is 60.6 Å². The predicted octanol–water partition coefficient (Wildman–Crippen LogP) is 6.35. The molecule has 51 heavy (non-hydrogen) atoms. The zero-order chi connectivity index (χ0) is 33.6. The molecule has 0 bridgehead atoms. The van der Waals surface area contributed by atoms with Crippen LogP contribution in [0.4, 0.5) is 0 Å². The van der Waals surface area contributed by atoms with Crippen molar-refractivity contribution in [3.63, 3.8) is 0 Å². The monoisotopic (exact) mass is 772 g/mol. The van der Waals surface area contributed by atoms with Crippen molar-refractivity contribution in [1.29, 1.82) is 0 Å². The topological polar surface area (TPSA) is 129 Å². The van der Waals surface area contributed by atoms with E-state index in [9.17, 15) is 14.7 Å². The van der Waals surface area contributed by atoms with Gasteiger partial charge in [0.2, 0.25) is 0 Å². The Balaban J connectivity index is 0.00000234. The van der Waals surface area contributed by atoms with Gasteiger partial charge in [0, 0.05) is 42.0 Å². The van der Waals surface area contributed by atoms with Crippen molar-refractivity contribution in [2.45, 2.75) is 56.7 Å². The number of pyridine rings is 1. The fourth-order valence-electron chi connectivity index (χ4n) is 6.82. The van der Waals surface area contributed by atoms with Crippen LogP contribution in [0.25, 0.3) is 5.57 Å². The average molecular weight is 775 g/mol. The molecule has 12 heteroatoms. The molecule has 3 atom stereocenters. The Hall–Kier alpha value is -3.47. The quantitative estimate of drug-likeness (QED) is 0.148. The van der Waals surface area contributed by atoms with Crippen LogP contribution in [-0.4, -0.2) is 69.8 Å². The normalized spacial score (nSPS) is 15.7. The van der Waals surface area contributed by atoms with E-state index in [0.29, 0.717) is 18.5 Å². The smallest absolute Gasteiger partial charge is 0.320 e.